The van der Waals surface area contributed by atoms with Crippen LogP contribution < -0.4 is 5.32 Å². The molecular weight excluding hydrogens is 351 g/mol. The standard InChI is InChI=1S/C23H31FN4/c1-4-7-9-17(6-3)20-16-28(19-12-10-18(24)11-13-19)21-15-26-23(27-22(20)21)25-14-8-5-2/h10-13,15-17H,4-9,14H2,1-3H3,(H,25,26,27)/t17-/m1/s1. The van der Waals surface area contributed by atoms with Gasteiger partial charge in [0.2, 0.25) is 5.95 Å². The monoisotopic (exact) mass is 382 g/mol. The van der Waals surface area contributed by atoms with E-state index >= 15 is 0 Å². The number of hydrogen-bond acceptors (Lipinski definition) is 3. The van der Waals surface area contributed by atoms with Gasteiger partial charge in [0, 0.05) is 18.4 Å². The highest BCUT2D eigenvalue weighted by Crippen LogP contribution is 2.34. The number of rotatable bonds is 10. The van der Waals surface area contributed by atoms with Crippen LogP contribution in [0.2, 0.25) is 0 Å². The van der Waals surface area contributed by atoms with Gasteiger partial charge in [0.25, 0.3) is 0 Å². The minimum Gasteiger partial charge on any atom is -0.354 e. The number of unbranched alkanes of at least 4 members (excludes halogenated alkanes) is 2. The second-order valence-corrected chi connectivity index (χ2v) is 7.39. The maximum atomic E-state index is 13.4. The SMILES string of the molecule is CCCCNc1ncc2c(n1)c([C@H](CC)CCCC)cn2-c1ccc(F)cc1. The molecule has 0 amide bonds. The van der Waals surface area contributed by atoms with Crippen molar-refractivity contribution in [1.82, 2.24) is 14.5 Å². The van der Waals surface area contributed by atoms with E-state index in [1.54, 1.807) is 12.1 Å². The van der Waals surface area contributed by atoms with E-state index in [4.69, 9.17) is 4.98 Å². The molecule has 1 aromatic carbocycles. The molecule has 150 valence electrons. The topological polar surface area (TPSA) is 42.7 Å². The fourth-order valence-electron chi connectivity index (χ4n) is 3.64. The molecule has 0 aliphatic carbocycles. The molecule has 1 atom stereocenters. The van der Waals surface area contributed by atoms with Gasteiger partial charge < -0.3 is 9.88 Å². The Kier molecular flexibility index (Phi) is 7.01. The summed E-state index contributed by atoms with van der Waals surface area (Å²) in [5, 5.41) is 3.34. The van der Waals surface area contributed by atoms with E-state index in [1.807, 2.05) is 6.20 Å². The Morgan fingerprint density at radius 1 is 1.07 bits per heavy atom. The molecule has 0 saturated heterocycles. The lowest BCUT2D eigenvalue weighted by atomic mass is 9.92. The predicted molar refractivity (Wildman–Crippen MR) is 115 cm³/mol. The average Bonchev–Trinajstić information content (AvgIpc) is 3.08. The van der Waals surface area contributed by atoms with E-state index in [2.05, 4.69) is 41.8 Å². The number of anilines is 1. The summed E-state index contributed by atoms with van der Waals surface area (Å²) in [5.41, 5.74) is 4.16. The zero-order valence-electron chi connectivity index (χ0n) is 17.2. The summed E-state index contributed by atoms with van der Waals surface area (Å²) in [6.07, 6.45) is 10.9. The summed E-state index contributed by atoms with van der Waals surface area (Å²) in [4.78, 5) is 9.40. The molecule has 0 radical (unpaired) electrons. The third kappa shape index (κ3) is 4.51. The van der Waals surface area contributed by atoms with Crippen LogP contribution in [0.3, 0.4) is 0 Å². The molecule has 4 nitrogen and oxygen atoms in total. The van der Waals surface area contributed by atoms with Crippen molar-refractivity contribution in [1.29, 1.82) is 0 Å². The van der Waals surface area contributed by atoms with E-state index in [9.17, 15) is 4.39 Å². The maximum Gasteiger partial charge on any atom is 0.223 e. The first-order chi connectivity index (χ1) is 13.7. The lowest BCUT2D eigenvalue weighted by Crippen LogP contribution is -2.05. The highest BCUT2D eigenvalue weighted by atomic mass is 19.1. The Morgan fingerprint density at radius 3 is 2.50 bits per heavy atom. The summed E-state index contributed by atoms with van der Waals surface area (Å²) >= 11 is 0. The minimum atomic E-state index is -0.228. The summed E-state index contributed by atoms with van der Waals surface area (Å²) in [6, 6.07) is 6.60. The Bertz CT molecular complexity index is 886. The van der Waals surface area contributed by atoms with Gasteiger partial charge in [0.15, 0.2) is 0 Å². The van der Waals surface area contributed by atoms with Crippen LogP contribution in [0.1, 0.15) is 70.8 Å². The number of nitrogens with zero attached hydrogens (tertiary/aromatic N) is 3. The van der Waals surface area contributed by atoms with Crippen LogP contribution in [0.25, 0.3) is 16.7 Å². The number of aromatic nitrogens is 3. The van der Waals surface area contributed by atoms with Gasteiger partial charge in [-0.2, -0.15) is 0 Å². The van der Waals surface area contributed by atoms with Crippen LogP contribution in [-0.4, -0.2) is 21.1 Å². The maximum absolute atomic E-state index is 13.4. The first kappa shape index (κ1) is 20.3. The molecule has 3 aromatic rings. The molecule has 0 saturated carbocycles. The predicted octanol–water partition coefficient (Wildman–Crippen LogP) is 6.46. The van der Waals surface area contributed by atoms with E-state index in [0.29, 0.717) is 11.9 Å². The quantitative estimate of drug-likeness (QED) is 0.409. The molecule has 0 aliphatic heterocycles. The Balaban J connectivity index is 2.06. The molecule has 2 heterocycles. The number of hydrogen-bond donors (Lipinski definition) is 1. The summed E-state index contributed by atoms with van der Waals surface area (Å²) in [7, 11) is 0. The van der Waals surface area contributed by atoms with Gasteiger partial charge in [-0.25, -0.2) is 14.4 Å². The molecule has 0 fully saturated rings. The van der Waals surface area contributed by atoms with Crippen LogP contribution in [0.5, 0.6) is 0 Å². The molecule has 0 bridgehead atoms. The van der Waals surface area contributed by atoms with Crippen molar-refractivity contribution in [2.45, 2.75) is 65.2 Å². The molecule has 5 heteroatoms. The average molecular weight is 383 g/mol. The molecule has 1 N–H and O–H groups in total. The molecule has 2 aromatic heterocycles. The minimum absolute atomic E-state index is 0.228. The van der Waals surface area contributed by atoms with E-state index in [1.165, 1.54) is 30.5 Å². The van der Waals surface area contributed by atoms with Gasteiger partial charge in [0.05, 0.1) is 17.2 Å². The third-order valence-corrected chi connectivity index (χ3v) is 5.33. The lowest BCUT2D eigenvalue weighted by molar-refractivity contribution is 0.571. The zero-order valence-corrected chi connectivity index (χ0v) is 17.2. The molecule has 0 aliphatic rings. The molecular formula is C23H31FN4. The summed E-state index contributed by atoms with van der Waals surface area (Å²) in [5.74, 6) is 0.917. The van der Waals surface area contributed by atoms with Crippen molar-refractivity contribution in [2.75, 3.05) is 11.9 Å². The second-order valence-electron chi connectivity index (χ2n) is 7.39. The zero-order chi connectivity index (χ0) is 19.9. The van der Waals surface area contributed by atoms with E-state index < -0.39 is 0 Å². The van der Waals surface area contributed by atoms with Crippen molar-refractivity contribution in [3.63, 3.8) is 0 Å². The summed E-state index contributed by atoms with van der Waals surface area (Å²) in [6.45, 7) is 7.52. The fourth-order valence-corrected chi connectivity index (χ4v) is 3.64. The number of fused-ring (bicyclic) bond motifs is 1. The van der Waals surface area contributed by atoms with Crippen molar-refractivity contribution in [2.24, 2.45) is 0 Å². The molecule has 3 rings (SSSR count). The van der Waals surface area contributed by atoms with Gasteiger partial charge in [-0.1, -0.05) is 40.0 Å². The number of nitrogens with one attached hydrogen (secondary N) is 1. The van der Waals surface area contributed by atoms with Crippen molar-refractivity contribution >= 4 is 17.0 Å². The van der Waals surface area contributed by atoms with Gasteiger partial charge in [-0.3, -0.25) is 0 Å². The van der Waals surface area contributed by atoms with Crippen LogP contribution >= 0.6 is 0 Å². The van der Waals surface area contributed by atoms with E-state index in [-0.39, 0.29) is 5.82 Å². The van der Waals surface area contributed by atoms with Crippen LogP contribution in [0.4, 0.5) is 10.3 Å². The third-order valence-electron chi connectivity index (χ3n) is 5.33. The van der Waals surface area contributed by atoms with Gasteiger partial charge in [0.1, 0.15) is 5.82 Å². The Hall–Kier alpha value is -2.43. The molecule has 28 heavy (non-hydrogen) atoms. The van der Waals surface area contributed by atoms with Gasteiger partial charge in [-0.05, 0) is 55.0 Å². The fraction of sp³-hybridized carbons (Fsp3) is 0.478. The Morgan fingerprint density at radius 2 is 1.82 bits per heavy atom. The highest BCUT2D eigenvalue weighted by Gasteiger charge is 2.19. The van der Waals surface area contributed by atoms with Crippen molar-refractivity contribution in [3.8, 4) is 5.69 Å². The second kappa shape index (κ2) is 9.67. The molecule has 0 unspecified atom stereocenters. The normalized spacial score (nSPS) is 12.4. The highest BCUT2D eigenvalue weighted by molar-refractivity contribution is 5.82. The van der Waals surface area contributed by atoms with Crippen LogP contribution in [-0.2, 0) is 0 Å². The van der Waals surface area contributed by atoms with Gasteiger partial charge in [-0.15, -0.1) is 0 Å². The van der Waals surface area contributed by atoms with Crippen molar-refractivity contribution in [3.05, 3.63) is 48.0 Å². The number of halogens is 1. The van der Waals surface area contributed by atoms with Gasteiger partial charge >= 0.3 is 0 Å². The first-order valence-corrected chi connectivity index (χ1v) is 10.6. The first-order valence-electron chi connectivity index (χ1n) is 10.6. The smallest absolute Gasteiger partial charge is 0.223 e. The lowest BCUT2D eigenvalue weighted by Gasteiger charge is -2.13. The van der Waals surface area contributed by atoms with E-state index in [0.717, 1.165) is 48.9 Å². The van der Waals surface area contributed by atoms with Crippen LogP contribution in [0.15, 0.2) is 36.7 Å². The number of benzene rings is 1. The largest absolute Gasteiger partial charge is 0.354 e. The molecule has 0 spiro atoms. The van der Waals surface area contributed by atoms with Crippen molar-refractivity contribution < 1.29 is 4.39 Å². The summed E-state index contributed by atoms with van der Waals surface area (Å²) < 4.78 is 15.5. The Labute approximate surface area is 167 Å². The van der Waals surface area contributed by atoms with Crippen LogP contribution in [0, 0.1) is 5.82 Å².